The normalized spacial score (nSPS) is 17.2. The maximum Gasteiger partial charge on any atom is 0.433 e. The smallest absolute Gasteiger partial charge is 0.334 e. The Balaban J connectivity index is 1.79. The summed E-state index contributed by atoms with van der Waals surface area (Å²) in [6, 6.07) is 3.08. The lowest BCUT2D eigenvalue weighted by molar-refractivity contribution is -0.141. The topological polar surface area (TPSA) is 72.5 Å². The molecule has 1 saturated heterocycles. The molecule has 1 aliphatic heterocycles. The second kappa shape index (κ2) is 7.85. The Morgan fingerprint density at radius 1 is 1.06 bits per heavy atom. The molecule has 176 valence electrons. The summed E-state index contributed by atoms with van der Waals surface area (Å²) in [5.74, 6) is -0.841. The van der Waals surface area contributed by atoms with Crippen LogP contribution in [0.25, 0.3) is 5.65 Å². The van der Waals surface area contributed by atoms with Gasteiger partial charge in [0.1, 0.15) is 23.1 Å². The third kappa shape index (κ3) is 4.28. The van der Waals surface area contributed by atoms with Gasteiger partial charge in [-0.25, -0.2) is 18.3 Å². The summed E-state index contributed by atoms with van der Waals surface area (Å²) in [6.07, 6.45) is -10.0. The van der Waals surface area contributed by atoms with Gasteiger partial charge in [0.05, 0.1) is 13.1 Å². The number of fused-ring (bicyclic) bond motifs is 1. The molecule has 0 aromatic carbocycles. The highest BCUT2D eigenvalue weighted by molar-refractivity contribution is 5.93. The number of pyridine rings is 2. The predicted molar refractivity (Wildman–Crippen MR) is 98.2 cm³/mol. The monoisotopic (exact) mass is 477 g/mol. The summed E-state index contributed by atoms with van der Waals surface area (Å²) >= 11 is 0. The van der Waals surface area contributed by atoms with Crippen LogP contribution in [0.4, 0.5) is 30.7 Å². The van der Waals surface area contributed by atoms with Crippen molar-refractivity contribution in [1.82, 2.24) is 24.1 Å². The first-order chi connectivity index (χ1) is 15.4. The fourth-order valence-electron chi connectivity index (χ4n) is 3.52. The Kier molecular flexibility index (Phi) is 5.41. The van der Waals surface area contributed by atoms with Crippen molar-refractivity contribution in [2.75, 3.05) is 13.1 Å². The fourth-order valence-corrected chi connectivity index (χ4v) is 3.52. The molecule has 3 aromatic heterocycles. The van der Waals surface area contributed by atoms with Crippen molar-refractivity contribution in [3.8, 4) is 0 Å². The molecule has 7 nitrogen and oxygen atoms in total. The Morgan fingerprint density at radius 2 is 1.79 bits per heavy atom. The minimum absolute atomic E-state index is 0.0304. The maximum absolute atomic E-state index is 13.5. The van der Waals surface area contributed by atoms with Crippen molar-refractivity contribution in [2.45, 2.75) is 31.5 Å². The van der Waals surface area contributed by atoms with Crippen LogP contribution in [-0.2, 0) is 18.9 Å². The molecule has 0 spiro atoms. The Morgan fingerprint density at radius 3 is 2.33 bits per heavy atom. The van der Waals surface area contributed by atoms with Crippen LogP contribution in [0.15, 0.2) is 35.3 Å². The van der Waals surface area contributed by atoms with Crippen LogP contribution < -0.4 is 5.69 Å². The van der Waals surface area contributed by atoms with Gasteiger partial charge in [-0.3, -0.25) is 9.78 Å². The van der Waals surface area contributed by atoms with E-state index in [1.807, 2.05) is 0 Å². The summed E-state index contributed by atoms with van der Waals surface area (Å²) in [7, 11) is 0. The number of rotatable bonds is 3. The van der Waals surface area contributed by atoms with E-state index < -0.39 is 59.3 Å². The van der Waals surface area contributed by atoms with Gasteiger partial charge in [0.25, 0.3) is 5.91 Å². The van der Waals surface area contributed by atoms with E-state index in [-0.39, 0.29) is 25.1 Å². The van der Waals surface area contributed by atoms with Crippen molar-refractivity contribution in [3.05, 3.63) is 63.5 Å². The van der Waals surface area contributed by atoms with Gasteiger partial charge < -0.3 is 4.90 Å². The molecule has 1 amide bonds. The first-order valence-corrected chi connectivity index (χ1v) is 9.51. The number of hydrogen-bond donors (Lipinski definition) is 0. The molecule has 0 bridgehead atoms. The van der Waals surface area contributed by atoms with Gasteiger partial charge in [-0.1, -0.05) is 6.07 Å². The molecule has 0 unspecified atom stereocenters. The summed E-state index contributed by atoms with van der Waals surface area (Å²) < 4.78 is 93.1. The molecule has 33 heavy (non-hydrogen) atoms. The van der Waals surface area contributed by atoms with Crippen LogP contribution >= 0.6 is 0 Å². The van der Waals surface area contributed by atoms with Crippen molar-refractivity contribution >= 4 is 11.6 Å². The average Bonchev–Trinajstić information content (AvgIpc) is 3.30. The molecule has 14 heteroatoms. The molecule has 0 aliphatic carbocycles. The van der Waals surface area contributed by atoms with Gasteiger partial charge in [0.2, 0.25) is 0 Å². The van der Waals surface area contributed by atoms with E-state index in [0.29, 0.717) is 21.2 Å². The Bertz CT molecular complexity index is 1260. The lowest BCUT2D eigenvalue weighted by Gasteiger charge is -2.16. The quantitative estimate of drug-likeness (QED) is 0.544. The molecule has 3 aromatic rings. The summed E-state index contributed by atoms with van der Waals surface area (Å²) in [5.41, 5.74) is -4.81. The maximum atomic E-state index is 13.5. The van der Waals surface area contributed by atoms with Gasteiger partial charge in [0, 0.05) is 12.7 Å². The number of amides is 1. The van der Waals surface area contributed by atoms with Crippen LogP contribution in [0.3, 0.4) is 0 Å². The third-order valence-electron chi connectivity index (χ3n) is 5.12. The van der Waals surface area contributed by atoms with Gasteiger partial charge >= 0.3 is 18.0 Å². The van der Waals surface area contributed by atoms with Gasteiger partial charge in [0.15, 0.2) is 5.65 Å². The largest absolute Gasteiger partial charge is 0.433 e. The van der Waals surface area contributed by atoms with Crippen LogP contribution in [0.2, 0.25) is 0 Å². The first kappa shape index (κ1) is 22.7. The molecule has 4 rings (SSSR count). The average molecular weight is 477 g/mol. The highest BCUT2D eigenvalue weighted by Crippen LogP contribution is 2.32. The fraction of sp³-hybridized carbons (Fsp3) is 0.368. The van der Waals surface area contributed by atoms with E-state index >= 15 is 0 Å². The molecular weight excluding hydrogens is 463 g/mol. The van der Waals surface area contributed by atoms with E-state index in [4.69, 9.17) is 0 Å². The second-order valence-electron chi connectivity index (χ2n) is 7.42. The van der Waals surface area contributed by atoms with Crippen LogP contribution in [0, 0.1) is 0 Å². The summed E-state index contributed by atoms with van der Waals surface area (Å²) in [4.78, 5) is 30.0. The minimum atomic E-state index is -4.91. The summed E-state index contributed by atoms with van der Waals surface area (Å²) in [6.45, 7) is -0.725. The lowest BCUT2D eigenvalue weighted by atomic mass is 10.2. The van der Waals surface area contributed by atoms with E-state index in [1.54, 1.807) is 0 Å². The predicted octanol–water partition coefficient (Wildman–Crippen LogP) is 3.16. The molecule has 0 radical (unpaired) electrons. The lowest BCUT2D eigenvalue weighted by Crippen LogP contribution is -2.33. The Hall–Kier alpha value is -3.45. The van der Waals surface area contributed by atoms with E-state index in [9.17, 15) is 40.3 Å². The number of likely N-dealkylation sites (tertiary alicyclic amines) is 1. The zero-order valence-corrected chi connectivity index (χ0v) is 16.5. The van der Waals surface area contributed by atoms with Crippen molar-refractivity contribution in [3.63, 3.8) is 0 Å². The molecule has 1 atom stereocenters. The number of nitrogens with zero attached hydrogens (tertiary/aromatic N) is 5. The minimum Gasteiger partial charge on any atom is -0.334 e. The zero-order valence-electron chi connectivity index (χ0n) is 16.5. The summed E-state index contributed by atoms with van der Waals surface area (Å²) in [5, 5.41) is 3.68. The molecule has 1 fully saturated rings. The molecule has 0 saturated carbocycles. The van der Waals surface area contributed by atoms with Crippen molar-refractivity contribution < 1.29 is 35.5 Å². The van der Waals surface area contributed by atoms with Crippen molar-refractivity contribution in [1.29, 1.82) is 0 Å². The van der Waals surface area contributed by atoms with Crippen LogP contribution in [0.1, 0.15) is 33.7 Å². The number of hydrogen-bond acceptors (Lipinski definition) is 4. The van der Waals surface area contributed by atoms with E-state index in [2.05, 4.69) is 10.1 Å². The van der Waals surface area contributed by atoms with E-state index in [1.165, 1.54) is 0 Å². The number of carbonyl (C=O) groups excluding carboxylic acids is 1. The van der Waals surface area contributed by atoms with Crippen LogP contribution in [0.5, 0.6) is 0 Å². The standard InChI is InChI=1S/C19H14F7N5O2/c20-11-5-6-29(9-11)16(32)13-3-2-12(18(21,22)23)15-28-30(17(33)31(13)15)8-10-1-4-14(27-7-10)19(24,25)26/h1-4,7,11H,5-6,8-9H2/t11-/m0/s1. The second-order valence-corrected chi connectivity index (χ2v) is 7.42. The molecule has 0 N–H and O–H groups in total. The van der Waals surface area contributed by atoms with Gasteiger partial charge in [-0.05, 0) is 30.2 Å². The number of alkyl halides is 7. The molecule has 4 heterocycles. The SMILES string of the molecule is O=C(c1ccc(C(F)(F)F)c2nn(Cc3ccc(C(F)(F)F)nc3)c(=O)n12)N1CC[C@H](F)C1. The highest BCUT2D eigenvalue weighted by Gasteiger charge is 2.37. The first-order valence-electron chi connectivity index (χ1n) is 9.51. The molecule has 1 aliphatic rings. The van der Waals surface area contributed by atoms with Crippen molar-refractivity contribution in [2.24, 2.45) is 0 Å². The zero-order chi connectivity index (χ0) is 24.1. The third-order valence-corrected chi connectivity index (χ3v) is 5.12. The molecular formula is C19H14F7N5O2. The number of aromatic nitrogens is 4. The van der Waals surface area contributed by atoms with Gasteiger partial charge in [-0.2, -0.15) is 26.3 Å². The van der Waals surface area contributed by atoms with Crippen LogP contribution in [-0.4, -0.2) is 49.2 Å². The van der Waals surface area contributed by atoms with Gasteiger partial charge in [-0.15, -0.1) is 5.10 Å². The van der Waals surface area contributed by atoms with E-state index in [0.717, 1.165) is 23.2 Å². The Labute approximate surface area is 180 Å². The number of halogens is 7. The highest BCUT2D eigenvalue weighted by atomic mass is 19.4. The number of carbonyl (C=O) groups is 1.